The summed E-state index contributed by atoms with van der Waals surface area (Å²) in [5.41, 5.74) is -0.845. The molecule has 1 fully saturated rings. The molecule has 1 aliphatic carbocycles. The molecule has 0 atom stereocenters. The second-order valence-corrected chi connectivity index (χ2v) is 3.63. The van der Waals surface area contributed by atoms with Crippen LogP contribution in [0.5, 0.6) is 5.75 Å². The summed E-state index contributed by atoms with van der Waals surface area (Å²) < 4.78 is 43.7. The van der Waals surface area contributed by atoms with Gasteiger partial charge in [0.1, 0.15) is 5.56 Å². The van der Waals surface area contributed by atoms with Crippen molar-refractivity contribution in [1.82, 2.24) is 4.98 Å². The van der Waals surface area contributed by atoms with Crippen molar-refractivity contribution in [2.75, 3.05) is 12.4 Å². The summed E-state index contributed by atoms with van der Waals surface area (Å²) in [5.74, 6) is -0.193. The van der Waals surface area contributed by atoms with Crippen molar-refractivity contribution in [2.45, 2.75) is 25.1 Å². The van der Waals surface area contributed by atoms with E-state index in [4.69, 9.17) is 4.74 Å². The molecule has 1 saturated carbocycles. The number of anilines is 1. The highest BCUT2D eigenvalue weighted by atomic mass is 19.4. The van der Waals surface area contributed by atoms with Gasteiger partial charge in [0.25, 0.3) is 0 Å². The monoisotopic (exact) mass is 232 g/mol. The van der Waals surface area contributed by atoms with Crippen LogP contribution in [-0.4, -0.2) is 18.1 Å². The normalized spacial score (nSPS) is 16.0. The van der Waals surface area contributed by atoms with Gasteiger partial charge in [0.05, 0.1) is 24.2 Å². The highest BCUT2D eigenvalue weighted by Gasteiger charge is 2.39. The largest absolute Gasteiger partial charge is 0.488 e. The Kier molecular flexibility index (Phi) is 2.65. The second kappa shape index (κ2) is 3.84. The smallest absolute Gasteiger partial charge is 0.422 e. The van der Waals surface area contributed by atoms with E-state index in [2.05, 4.69) is 10.3 Å². The van der Waals surface area contributed by atoms with E-state index in [-0.39, 0.29) is 17.5 Å². The number of alkyl halides is 3. The molecule has 16 heavy (non-hydrogen) atoms. The summed E-state index contributed by atoms with van der Waals surface area (Å²) >= 11 is 0. The maximum atomic E-state index is 12.8. The van der Waals surface area contributed by atoms with Crippen molar-refractivity contribution in [3.63, 3.8) is 0 Å². The van der Waals surface area contributed by atoms with Crippen LogP contribution in [0.15, 0.2) is 12.4 Å². The maximum Gasteiger partial charge on any atom is 0.422 e. The molecule has 0 aliphatic heterocycles. The molecule has 6 heteroatoms. The Labute approximate surface area is 90.6 Å². The van der Waals surface area contributed by atoms with E-state index in [1.54, 1.807) is 0 Å². The fourth-order valence-electron chi connectivity index (χ4n) is 1.38. The molecule has 1 heterocycles. The first-order valence-electron chi connectivity index (χ1n) is 4.92. The average Bonchev–Trinajstić information content (AvgIpc) is 2.99. The topological polar surface area (TPSA) is 34.2 Å². The van der Waals surface area contributed by atoms with Crippen LogP contribution in [0, 0.1) is 0 Å². The number of hydrogen-bond acceptors (Lipinski definition) is 3. The average molecular weight is 232 g/mol. The molecule has 1 aliphatic rings. The van der Waals surface area contributed by atoms with Crippen molar-refractivity contribution in [3.05, 3.63) is 18.0 Å². The molecule has 2 rings (SSSR count). The van der Waals surface area contributed by atoms with E-state index in [0.29, 0.717) is 0 Å². The zero-order valence-corrected chi connectivity index (χ0v) is 8.64. The van der Waals surface area contributed by atoms with Gasteiger partial charge in [0.2, 0.25) is 0 Å². The van der Waals surface area contributed by atoms with E-state index in [9.17, 15) is 13.2 Å². The first-order chi connectivity index (χ1) is 7.52. The fourth-order valence-corrected chi connectivity index (χ4v) is 1.38. The van der Waals surface area contributed by atoms with Crippen molar-refractivity contribution >= 4 is 5.69 Å². The SMILES string of the molecule is CNc1cncc(OC2CC2)c1C(F)(F)F. The number of nitrogens with zero attached hydrogens (tertiary/aromatic N) is 1. The van der Waals surface area contributed by atoms with Gasteiger partial charge in [0, 0.05) is 7.05 Å². The van der Waals surface area contributed by atoms with Crippen molar-refractivity contribution < 1.29 is 17.9 Å². The number of rotatable bonds is 3. The number of halogens is 3. The Morgan fingerprint density at radius 3 is 2.56 bits per heavy atom. The van der Waals surface area contributed by atoms with Crippen LogP contribution < -0.4 is 10.1 Å². The Balaban J connectivity index is 2.41. The zero-order valence-electron chi connectivity index (χ0n) is 8.64. The predicted molar refractivity (Wildman–Crippen MR) is 52.4 cm³/mol. The summed E-state index contributed by atoms with van der Waals surface area (Å²) in [6.07, 6.45) is -0.659. The minimum Gasteiger partial charge on any atom is -0.488 e. The van der Waals surface area contributed by atoms with Crippen molar-refractivity contribution in [2.24, 2.45) is 0 Å². The summed E-state index contributed by atoms with van der Waals surface area (Å²) in [5, 5.41) is 2.47. The third-order valence-electron chi connectivity index (χ3n) is 2.28. The molecular weight excluding hydrogens is 221 g/mol. The second-order valence-electron chi connectivity index (χ2n) is 3.63. The van der Waals surface area contributed by atoms with Crippen LogP contribution in [0.3, 0.4) is 0 Å². The van der Waals surface area contributed by atoms with Crippen LogP contribution in [0.4, 0.5) is 18.9 Å². The standard InChI is InChI=1S/C10H11F3N2O/c1-14-7-4-15-5-8(16-6-2-3-6)9(7)10(11,12)13/h4-6,14H,2-3H2,1H3. The Morgan fingerprint density at radius 2 is 2.06 bits per heavy atom. The van der Waals surface area contributed by atoms with E-state index >= 15 is 0 Å². The molecule has 0 unspecified atom stereocenters. The molecule has 3 nitrogen and oxygen atoms in total. The third kappa shape index (κ3) is 2.20. The molecule has 0 spiro atoms. The van der Waals surface area contributed by atoms with Gasteiger partial charge in [-0.1, -0.05) is 0 Å². The Morgan fingerprint density at radius 1 is 1.38 bits per heavy atom. The lowest BCUT2D eigenvalue weighted by atomic mass is 10.2. The highest BCUT2D eigenvalue weighted by Crippen LogP contribution is 2.42. The van der Waals surface area contributed by atoms with E-state index in [1.807, 2.05) is 0 Å². The zero-order chi connectivity index (χ0) is 11.8. The number of nitrogens with one attached hydrogen (secondary N) is 1. The lowest BCUT2D eigenvalue weighted by Gasteiger charge is -2.16. The molecular formula is C10H11F3N2O. The number of pyridine rings is 1. The van der Waals surface area contributed by atoms with Gasteiger partial charge in [0.15, 0.2) is 5.75 Å². The molecule has 1 aromatic rings. The Bertz CT molecular complexity index is 388. The van der Waals surface area contributed by atoms with E-state index in [0.717, 1.165) is 25.2 Å². The lowest BCUT2D eigenvalue weighted by Crippen LogP contribution is -2.13. The van der Waals surface area contributed by atoms with Crippen LogP contribution in [0.1, 0.15) is 18.4 Å². The molecule has 0 aromatic carbocycles. The molecule has 0 amide bonds. The van der Waals surface area contributed by atoms with Gasteiger partial charge in [-0.15, -0.1) is 0 Å². The molecule has 1 N–H and O–H groups in total. The van der Waals surface area contributed by atoms with Crippen molar-refractivity contribution in [1.29, 1.82) is 0 Å². The van der Waals surface area contributed by atoms with Crippen LogP contribution in [0.2, 0.25) is 0 Å². The van der Waals surface area contributed by atoms with Gasteiger partial charge in [-0.3, -0.25) is 4.98 Å². The van der Waals surface area contributed by atoms with Gasteiger partial charge in [-0.25, -0.2) is 0 Å². The minimum atomic E-state index is -4.44. The molecule has 1 aromatic heterocycles. The van der Waals surface area contributed by atoms with E-state index in [1.165, 1.54) is 7.05 Å². The van der Waals surface area contributed by atoms with Gasteiger partial charge in [-0.2, -0.15) is 13.2 Å². The summed E-state index contributed by atoms with van der Waals surface area (Å²) in [4.78, 5) is 3.72. The summed E-state index contributed by atoms with van der Waals surface area (Å²) in [6, 6.07) is 0. The van der Waals surface area contributed by atoms with Gasteiger partial charge in [-0.05, 0) is 12.8 Å². The number of ether oxygens (including phenoxy) is 1. The highest BCUT2D eigenvalue weighted by molar-refractivity contribution is 5.56. The molecule has 0 bridgehead atoms. The quantitative estimate of drug-likeness (QED) is 0.869. The molecule has 0 saturated heterocycles. The Hall–Kier alpha value is -1.46. The van der Waals surface area contributed by atoms with Crippen molar-refractivity contribution in [3.8, 4) is 5.75 Å². The van der Waals surface area contributed by atoms with Crippen LogP contribution >= 0.6 is 0 Å². The maximum absolute atomic E-state index is 12.8. The predicted octanol–water partition coefficient (Wildman–Crippen LogP) is 2.68. The van der Waals surface area contributed by atoms with Gasteiger partial charge < -0.3 is 10.1 Å². The van der Waals surface area contributed by atoms with E-state index < -0.39 is 11.7 Å². The number of aromatic nitrogens is 1. The summed E-state index contributed by atoms with van der Waals surface area (Å²) in [6.45, 7) is 0. The summed E-state index contributed by atoms with van der Waals surface area (Å²) in [7, 11) is 1.42. The fraction of sp³-hybridized carbons (Fsp3) is 0.500. The van der Waals surface area contributed by atoms with Crippen LogP contribution in [0.25, 0.3) is 0 Å². The minimum absolute atomic E-state index is 0.0642. The first-order valence-corrected chi connectivity index (χ1v) is 4.92. The third-order valence-corrected chi connectivity index (χ3v) is 2.28. The number of hydrogen-bond donors (Lipinski definition) is 1. The first kappa shape index (κ1) is 11.0. The van der Waals surface area contributed by atoms with Crippen LogP contribution in [-0.2, 0) is 6.18 Å². The van der Waals surface area contributed by atoms with Gasteiger partial charge >= 0.3 is 6.18 Å². The molecule has 0 radical (unpaired) electrons. The lowest BCUT2D eigenvalue weighted by molar-refractivity contribution is -0.138. The molecule has 88 valence electrons.